The highest BCUT2D eigenvalue weighted by atomic mass is 35.7. The lowest BCUT2D eigenvalue weighted by molar-refractivity contribution is 0.414. The van der Waals surface area contributed by atoms with E-state index in [-0.39, 0.29) is 5.16 Å². The summed E-state index contributed by atoms with van der Waals surface area (Å²) in [6.07, 6.45) is 0.458. The first kappa shape index (κ1) is 13.8. The Morgan fingerprint density at radius 1 is 1.26 bits per heavy atom. The van der Waals surface area contributed by atoms with E-state index in [0.29, 0.717) is 12.2 Å². The van der Waals surface area contributed by atoms with Crippen molar-refractivity contribution in [3.05, 3.63) is 35.7 Å². The Hall–Kier alpha value is -1.60. The highest BCUT2D eigenvalue weighted by Gasteiger charge is 2.20. The number of aromatic nitrogens is 3. The summed E-state index contributed by atoms with van der Waals surface area (Å²) in [6, 6.07) is 7.40. The molecule has 0 unspecified atom stereocenters. The van der Waals surface area contributed by atoms with E-state index in [2.05, 4.69) is 10.2 Å². The van der Waals surface area contributed by atoms with Gasteiger partial charge in [0.05, 0.1) is 7.11 Å². The van der Waals surface area contributed by atoms with E-state index in [9.17, 15) is 8.42 Å². The Morgan fingerprint density at radius 3 is 2.37 bits per heavy atom. The second-order valence-corrected chi connectivity index (χ2v) is 6.38. The first-order valence-electron chi connectivity index (χ1n) is 5.37. The van der Waals surface area contributed by atoms with Crippen molar-refractivity contribution in [2.45, 2.75) is 11.6 Å². The molecule has 0 spiro atoms. The van der Waals surface area contributed by atoms with E-state index in [0.717, 1.165) is 11.3 Å². The van der Waals surface area contributed by atoms with Crippen LogP contribution in [-0.2, 0) is 22.5 Å². The second-order valence-electron chi connectivity index (χ2n) is 3.92. The minimum absolute atomic E-state index is 0.252. The molecule has 0 aliphatic rings. The van der Waals surface area contributed by atoms with Gasteiger partial charge in [-0.2, -0.15) is 0 Å². The van der Waals surface area contributed by atoms with Gasteiger partial charge in [0.15, 0.2) is 0 Å². The monoisotopic (exact) mass is 301 g/mol. The zero-order valence-electron chi connectivity index (χ0n) is 10.4. The lowest BCUT2D eigenvalue weighted by Gasteiger charge is -2.04. The number of hydrogen-bond donors (Lipinski definition) is 0. The summed E-state index contributed by atoms with van der Waals surface area (Å²) in [5.41, 5.74) is 0.967. The number of halogens is 1. The SMILES string of the molecule is COc1ccc(Cc2nnc(S(=O)(=O)Cl)n2C)cc1. The molecule has 0 saturated heterocycles. The Morgan fingerprint density at radius 2 is 1.89 bits per heavy atom. The van der Waals surface area contributed by atoms with Gasteiger partial charge in [0.1, 0.15) is 11.6 Å². The summed E-state index contributed by atoms with van der Waals surface area (Å²) in [5.74, 6) is 1.27. The van der Waals surface area contributed by atoms with Gasteiger partial charge in [-0.3, -0.25) is 0 Å². The Kier molecular flexibility index (Phi) is 3.77. The van der Waals surface area contributed by atoms with Gasteiger partial charge >= 0.3 is 0 Å². The van der Waals surface area contributed by atoms with Crippen molar-refractivity contribution in [3.8, 4) is 5.75 Å². The fourth-order valence-electron chi connectivity index (χ4n) is 1.64. The zero-order chi connectivity index (χ0) is 14.0. The molecule has 0 atom stereocenters. The maximum atomic E-state index is 11.2. The average Bonchev–Trinajstić information content (AvgIpc) is 2.72. The van der Waals surface area contributed by atoms with E-state index < -0.39 is 9.05 Å². The molecule has 1 aromatic carbocycles. The molecule has 0 aliphatic carbocycles. The predicted octanol–water partition coefficient (Wildman–Crippen LogP) is 1.34. The first-order valence-corrected chi connectivity index (χ1v) is 7.68. The molecule has 0 saturated carbocycles. The van der Waals surface area contributed by atoms with Crippen LogP contribution in [0.5, 0.6) is 5.75 Å². The molecule has 6 nitrogen and oxygen atoms in total. The minimum atomic E-state index is -3.87. The van der Waals surface area contributed by atoms with Crippen LogP contribution in [0.4, 0.5) is 0 Å². The lowest BCUT2D eigenvalue weighted by atomic mass is 10.1. The van der Waals surface area contributed by atoms with Gasteiger partial charge in [-0.15, -0.1) is 10.2 Å². The molecule has 0 amide bonds. The van der Waals surface area contributed by atoms with Crippen molar-refractivity contribution in [3.63, 3.8) is 0 Å². The standard InChI is InChI=1S/C11H12ClN3O3S/c1-15-10(13-14-11(15)19(12,16)17)7-8-3-5-9(18-2)6-4-8/h3-6H,7H2,1-2H3. The minimum Gasteiger partial charge on any atom is -0.497 e. The smallest absolute Gasteiger partial charge is 0.296 e. The highest BCUT2D eigenvalue weighted by Crippen LogP contribution is 2.16. The van der Waals surface area contributed by atoms with Crippen molar-refractivity contribution >= 4 is 19.7 Å². The van der Waals surface area contributed by atoms with E-state index in [1.807, 2.05) is 24.3 Å². The molecule has 0 aliphatic heterocycles. The molecule has 1 heterocycles. The summed E-state index contributed by atoms with van der Waals surface area (Å²) >= 11 is 0. The second kappa shape index (κ2) is 5.18. The van der Waals surface area contributed by atoms with E-state index >= 15 is 0 Å². The number of methoxy groups -OCH3 is 1. The molecule has 2 rings (SSSR count). The summed E-state index contributed by atoms with van der Waals surface area (Å²) in [7, 11) is 4.53. The Bertz CT molecular complexity index is 680. The summed E-state index contributed by atoms with van der Waals surface area (Å²) in [4.78, 5) is 0. The molecule has 8 heteroatoms. The summed E-state index contributed by atoms with van der Waals surface area (Å²) in [5, 5.41) is 7.17. The topological polar surface area (TPSA) is 74.1 Å². The molecule has 0 N–H and O–H groups in total. The largest absolute Gasteiger partial charge is 0.497 e. The van der Waals surface area contributed by atoms with Crippen LogP contribution in [0.2, 0.25) is 0 Å². The van der Waals surface area contributed by atoms with Crippen LogP contribution in [-0.4, -0.2) is 30.3 Å². The van der Waals surface area contributed by atoms with Crippen molar-refractivity contribution in [1.82, 2.24) is 14.8 Å². The molecule has 0 radical (unpaired) electrons. The third kappa shape index (κ3) is 3.05. The van der Waals surface area contributed by atoms with Crippen LogP contribution in [0.1, 0.15) is 11.4 Å². The average molecular weight is 302 g/mol. The van der Waals surface area contributed by atoms with E-state index in [1.54, 1.807) is 14.2 Å². The van der Waals surface area contributed by atoms with Crippen molar-refractivity contribution in [1.29, 1.82) is 0 Å². The molecule has 0 bridgehead atoms. The maximum absolute atomic E-state index is 11.2. The number of hydrogen-bond acceptors (Lipinski definition) is 5. The predicted molar refractivity (Wildman–Crippen MR) is 69.8 cm³/mol. The maximum Gasteiger partial charge on any atom is 0.296 e. The molecule has 19 heavy (non-hydrogen) atoms. The zero-order valence-corrected chi connectivity index (χ0v) is 11.9. The van der Waals surface area contributed by atoms with Gasteiger partial charge in [-0.05, 0) is 17.7 Å². The van der Waals surface area contributed by atoms with Crippen molar-refractivity contribution in [2.24, 2.45) is 7.05 Å². The van der Waals surface area contributed by atoms with E-state index in [1.165, 1.54) is 4.57 Å². The Balaban J connectivity index is 2.26. The van der Waals surface area contributed by atoms with Crippen molar-refractivity contribution in [2.75, 3.05) is 7.11 Å². The van der Waals surface area contributed by atoms with Gasteiger partial charge in [0, 0.05) is 24.2 Å². The molecule has 2 aromatic rings. The number of ether oxygens (including phenoxy) is 1. The molecular weight excluding hydrogens is 290 g/mol. The van der Waals surface area contributed by atoms with Gasteiger partial charge in [-0.25, -0.2) is 8.42 Å². The fraction of sp³-hybridized carbons (Fsp3) is 0.273. The van der Waals surface area contributed by atoms with Crippen LogP contribution in [0.3, 0.4) is 0 Å². The highest BCUT2D eigenvalue weighted by molar-refractivity contribution is 8.13. The molecular formula is C11H12ClN3O3S. The normalized spacial score (nSPS) is 11.5. The van der Waals surface area contributed by atoms with Crippen LogP contribution in [0.25, 0.3) is 0 Å². The van der Waals surface area contributed by atoms with Crippen LogP contribution >= 0.6 is 10.7 Å². The number of rotatable bonds is 4. The molecule has 0 fully saturated rings. The van der Waals surface area contributed by atoms with Gasteiger partial charge < -0.3 is 9.30 Å². The summed E-state index contributed by atoms with van der Waals surface area (Å²) in [6.45, 7) is 0. The Labute approximate surface area is 115 Å². The van der Waals surface area contributed by atoms with Gasteiger partial charge in [0.25, 0.3) is 14.2 Å². The van der Waals surface area contributed by atoms with Gasteiger partial charge in [-0.1, -0.05) is 12.1 Å². The third-order valence-corrected chi connectivity index (χ3v) is 3.87. The summed E-state index contributed by atoms with van der Waals surface area (Å²) < 4.78 is 28.9. The lowest BCUT2D eigenvalue weighted by Crippen LogP contribution is -2.05. The van der Waals surface area contributed by atoms with Crippen LogP contribution in [0.15, 0.2) is 29.4 Å². The quantitative estimate of drug-likeness (QED) is 0.797. The molecule has 1 aromatic heterocycles. The fourth-order valence-corrected chi connectivity index (χ4v) is 2.61. The van der Waals surface area contributed by atoms with E-state index in [4.69, 9.17) is 15.4 Å². The van der Waals surface area contributed by atoms with Crippen LogP contribution < -0.4 is 4.74 Å². The first-order chi connectivity index (χ1) is 8.91. The number of nitrogens with zero attached hydrogens (tertiary/aromatic N) is 3. The van der Waals surface area contributed by atoms with Crippen LogP contribution in [0, 0.1) is 0 Å². The number of benzene rings is 1. The third-order valence-electron chi connectivity index (χ3n) is 2.66. The van der Waals surface area contributed by atoms with Crippen molar-refractivity contribution < 1.29 is 13.2 Å². The van der Waals surface area contributed by atoms with Gasteiger partial charge in [0.2, 0.25) is 0 Å². The molecule has 102 valence electrons.